The Labute approximate surface area is 92.0 Å². The second-order valence-corrected chi connectivity index (χ2v) is 7.04. The zero-order valence-electron chi connectivity index (χ0n) is 9.49. The first-order chi connectivity index (χ1) is 6.93. The van der Waals surface area contributed by atoms with Gasteiger partial charge in [0, 0.05) is 30.4 Å². The molecule has 0 aromatic heterocycles. The van der Waals surface area contributed by atoms with Crippen molar-refractivity contribution in [2.75, 3.05) is 24.7 Å². The van der Waals surface area contributed by atoms with Gasteiger partial charge in [0.15, 0.2) is 9.84 Å². The van der Waals surface area contributed by atoms with Gasteiger partial charge in [-0.25, -0.2) is 8.42 Å². The second-order valence-electron chi connectivity index (χ2n) is 4.64. The van der Waals surface area contributed by atoms with E-state index in [4.69, 9.17) is 5.11 Å². The van der Waals surface area contributed by atoms with Crippen LogP contribution in [-0.2, 0) is 9.84 Å². The molecule has 0 amide bonds. The van der Waals surface area contributed by atoms with Crippen molar-refractivity contribution < 1.29 is 13.5 Å². The van der Waals surface area contributed by atoms with E-state index >= 15 is 0 Å². The molecule has 1 aliphatic carbocycles. The molecule has 15 heavy (non-hydrogen) atoms. The molecule has 0 aromatic carbocycles. The lowest BCUT2D eigenvalue weighted by Crippen LogP contribution is -2.38. The Balaban J connectivity index is 2.28. The van der Waals surface area contributed by atoms with Gasteiger partial charge in [0.05, 0.1) is 5.75 Å². The van der Waals surface area contributed by atoms with Crippen LogP contribution in [0.3, 0.4) is 0 Å². The van der Waals surface area contributed by atoms with E-state index in [1.54, 1.807) is 6.92 Å². The molecule has 1 unspecified atom stereocenters. The van der Waals surface area contributed by atoms with E-state index in [0.717, 1.165) is 19.4 Å². The zero-order valence-corrected chi connectivity index (χ0v) is 10.3. The van der Waals surface area contributed by atoms with Crippen LogP contribution in [0.25, 0.3) is 0 Å². The SMILES string of the molecule is CCS(=O)(=O)CC(C)NCC1(CO)CC1. The predicted octanol–water partition coefficient (Wildman–Crippen LogP) is 0.172. The van der Waals surface area contributed by atoms with Crippen LogP contribution in [0, 0.1) is 5.41 Å². The third kappa shape index (κ3) is 4.09. The smallest absolute Gasteiger partial charge is 0.151 e. The van der Waals surface area contributed by atoms with Crippen molar-refractivity contribution in [3.05, 3.63) is 0 Å². The van der Waals surface area contributed by atoms with Gasteiger partial charge in [-0.15, -0.1) is 0 Å². The van der Waals surface area contributed by atoms with Crippen molar-refractivity contribution in [1.82, 2.24) is 5.32 Å². The van der Waals surface area contributed by atoms with Gasteiger partial charge in [0.25, 0.3) is 0 Å². The Kier molecular flexibility index (Phi) is 4.14. The minimum absolute atomic E-state index is 0.0287. The first-order valence-electron chi connectivity index (χ1n) is 5.48. The van der Waals surface area contributed by atoms with Gasteiger partial charge in [-0.05, 0) is 19.8 Å². The van der Waals surface area contributed by atoms with Crippen LogP contribution >= 0.6 is 0 Å². The lowest BCUT2D eigenvalue weighted by Gasteiger charge is -2.18. The van der Waals surface area contributed by atoms with E-state index < -0.39 is 9.84 Å². The normalized spacial score (nSPS) is 21.3. The highest BCUT2D eigenvalue weighted by Gasteiger charge is 2.41. The summed E-state index contributed by atoms with van der Waals surface area (Å²) in [7, 11) is -2.90. The number of hydrogen-bond donors (Lipinski definition) is 2. The van der Waals surface area contributed by atoms with Gasteiger partial charge in [-0.3, -0.25) is 0 Å². The van der Waals surface area contributed by atoms with E-state index in [-0.39, 0.29) is 29.6 Å². The standard InChI is InChI=1S/C10H21NO3S/c1-3-15(13,14)6-9(2)11-7-10(8-12)4-5-10/h9,11-12H,3-8H2,1-2H3. The lowest BCUT2D eigenvalue weighted by atomic mass is 10.1. The molecule has 0 spiro atoms. The van der Waals surface area contributed by atoms with Crippen molar-refractivity contribution in [1.29, 1.82) is 0 Å². The Bertz CT molecular complexity index is 296. The quantitative estimate of drug-likeness (QED) is 0.660. The van der Waals surface area contributed by atoms with E-state index in [9.17, 15) is 8.42 Å². The van der Waals surface area contributed by atoms with Crippen LogP contribution < -0.4 is 5.32 Å². The molecule has 0 bridgehead atoms. The van der Waals surface area contributed by atoms with Gasteiger partial charge in [0.1, 0.15) is 0 Å². The molecule has 1 saturated carbocycles. The molecule has 2 N–H and O–H groups in total. The molecule has 90 valence electrons. The molecule has 1 atom stereocenters. The Morgan fingerprint density at radius 2 is 2.07 bits per heavy atom. The molecule has 0 aromatic rings. The van der Waals surface area contributed by atoms with E-state index in [2.05, 4.69) is 5.32 Å². The number of hydrogen-bond acceptors (Lipinski definition) is 4. The topological polar surface area (TPSA) is 66.4 Å². The van der Waals surface area contributed by atoms with Crippen LogP contribution in [0.1, 0.15) is 26.7 Å². The summed E-state index contributed by atoms with van der Waals surface area (Å²) in [6, 6.07) is -0.0287. The van der Waals surface area contributed by atoms with E-state index in [1.807, 2.05) is 6.92 Å². The number of aliphatic hydroxyl groups excluding tert-OH is 1. The van der Waals surface area contributed by atoms with Crippen LogP contribution in [0.15, 0.2) is 0 Å². The third-order valence-electron chi connectivity index (χ3n) is 3.06. The molecule has 0 heterocycles. The molecule has 0 aliphatic heterocycles. The van der Waals surface area contributed by atoms with Crippen molar-refractivity contribution in [2.24, 2.45) is 5.41 Å². The van der Waals surface area contributed by atoms with Crippen molar-refractivity contribution in [3.63, 3.8) is 0 Å². The zero-order chi connectivity index (χ0) is 11.5. The third-order valence-corrected chi connectivity index (χ3v) is 4.95. The van der Waals surface area contributed by atoms with E-state index in [0.29, 0.717) is 0 Å². The van der Waals surface area contributed by atoms with Crippen LogP contribution in [0.2, 0.25) is 0 Å². The fourth-order valence-corrected chi connectivity index (χ4v) is 2.63. The number of rotatable bonds is 7. The first-order valence-corrected chi connectivity index (χ1v) is 7.30. The molecule has 1 rings (SSSR count). The van der Waals surface area contributed by atoms with Gasteiger partial charge in [-0.1, -0.05) is 6.92 Å². The van der Waals surface area contributed by atoms with Gasteiger partial charge in [0.2, 0.25) is 0 Å². The Morgan fingerprint density at radius 3 is 2.47 bits per heavy atom. The molecule has 1 aliphatic rings. The summed E-state index contributed by atoms with van der Waals surface area (Å²) in [6.07, 6.45) is 2.09. The largest absolute Gasteiger partial charge is 0.396 e. The lowest BCUT2D eigenvalue weighted by molar-refractivity contribution is 0.205. The Morgan fingerprint density at radius 1 is 1.47 bits per heavy atom. The van der Waals surface area contributed by atoms with Gasteiger partial charge in [-0.2, -0.15) is 0 Å². The van der Waals surface area contributed by atoms with E-state index in [1.165, 1.54) is 0 Å². The minimum Gasteiger partial charge on any atom is -0.396 e. The molecular formula is C10H21NO3S. The molecule has 0 saturated heterocycles. The van der Waals surface area contributed by atoms with Gasteiger partial charge >= 0.3 is 0 Å². The molecule has 5 heteroatoms. The number of nitrogens with one attached hydrogen (secondary N) is 1. The highest BCUT2D eigenvalue weighted by molar-refractivity contribution is 7.91. The maximum Gasteiger partial charge on any atom is 0.151 e. The highest BCUT2D eigenvalue weighted by Crippen LogP contribution is 2.44. The average Bonchev–Trinajstić information content (AvgIpc) is 2.95. The number of aliphatic hydroxyl groups is 1. The predicted molar refractivity (Wildman–Crippen MR) is 60.5 cm³/mol. The summed E-state index contributed by atoms with van der Waals surface area (Å²) in [6.45, 7) is 4.47. The Hall–Kier alpha value is -0.130. The minimum atomic E-state index is -2.90. The summed E-state index contributed by atoms with van der Waals surface area (Å²) in [5.74, 6) is 0.384. The average molecular weight is 235 g/mol. The fraction of sp³-hybridized carbons (Fsp3) is 1.00. The first kappa shape index (κ1) is 12.9. The van der Waals surface area contributed by atoms with Crippen LogP contribution in [0.5, 0.6) is 0 Å². The summed E-state index contributed by atoms with van der Waals surface area (Å²) in [5, 5.41) is 12.3. The van der Waals surface area contributed by atoms with Crippen molar-refractivity contribution in [3.8, 4) is 0 Å². The van der Waals surface area contributed by atoms with Crippen molar-refractivity contribution in [2.45, 2.75) is 32.7 Å². The second kappa shape index (κ2) is 4.80. The molecule has 4 nitrogen and oxygen atoms in total. The van der Waals surface area contributed by atoms with Crippen LogP contribution in [0.4, 0.5) is 0 Å². The summed E-state index contributed by atoms with van der Waals surface area (Å²) >= 11 is 0. The van der Waals surface area contributed by atoms with Gasteiger partial charge < -0.3 is 10.4 Å². The molecule has 1 fully saturated rings. The number of sulfone groups is 1. The maximum absolute atomic E-state index is 11.3. The maximum atomic E-state index is 11.3. The highest BCUT2D eigenvalue weighted by atomic mass is 32.2. The van der Waals surface area contributed by atoms with Crippen molar-refractivity contribution >= 4 is 9.84 Å². The molecule has 0 radical (unpaired) electrons. The molecular weight excluding hydrogens is 214 g/mol. The summed E-state index contributed by atoms with van der Waals surface area (Å²) in [4.78, 5) is 0. The fourth-order valence-electron chi connectivity index (χ4n) is 1.52. The summed E-state index contributed by atoms with van der Waals surface area (Å²) < 4.78 is 22.7. The van der Waals surface area contributed by atoms with Crippen LogP contribution in [-0.4, -0.2) is 44.2 Å². The summed E-state index contributed by atoms with van der Waals surface area (Å²) in [5.41, 5.74) is 0.0459. The monoisotopic (exact) mass is 235 g/mol.